The number of carbonyl (C=O) groups is 1. The Kier molecular flexibility index (Phi) is 5.37. The fourth-order valence-corrected chi connectivity index (χ4v) is 4.51. The Hall–Kier alpha value is -2.37. The number of rotatable bonds is 3. The average molecular weight is 410 g/mol. The second-order valence-corrected chi connectivity index (χ2v) is 9.65. The van der Waals surface area contributed by atoms with Crippen LogP contribution in [0, 0.1) is 0 Å². The van der Waals surface area contributed by atoms with Gasteiger partial charge in [-0.15, -0.1) is 0 Å². The summed E-state index contributed by atoms with van der Waals surface area (Å²) in [6.45, 7) is 8.03. The summed E-state index contributed by atoms with van der Waals surface area (Å²) in [4.78, 5) is 12.6. The van der Waals surface area contributed by atoms with E-state index in [9.17, 15) is 9.90 Å². The number of hydrogen-bond acceptors (Lipinski definition) is 4. The van der Waals surface area contributed by atoms with Crippen LogP contribution in [0.1, 0.15) is 63.6 Å². The van der Waals surface area contributed by atoms with Crippen molar-refractivity contribution in [2.45, 2.75) is 77.3 Å². The molecular formula is C25H31NO4. The first-order chi connectivity index (χ1) is 14.1. The minimum Gasteiger partial charge on any atom is -0.443 e. The van der Waals surface area contributed by atoms with Gasteiger partial charge >= 0.3 is 6.09 Å². The molecule has 5 nitrogen and oxygen atoms in total. The zero-order valence-electron chi connectivity index (χ0n) is 18.3. The van der Waals surface area contributed by atoms with Crippen LogP contribution < -0.4 is 0 Å². The van der Waals surface area contributed by atoms with Gasteiger partial charge < -0.3 is 14.6 Å². The number of carbonyl (C=O) groups excluding carboxylic acids is 1. The van der Waals surface area contributed by atoms with Crippen LogP contribution in [-0.4, -0.2) is 33.1 Å². The zero-order chi connectivity index (χ0) is 21.5. The summed E-state index contributed by atoms with van der Waals surface area (Å²) < 4.78 is 13.2. The highest BCUT2D eigenvalue weighted by atomic mass is 16.6. The molecule has 2 unspecified atom stereocenters. The van der Waals surface area contributed by atoms with E-state index in [1.807, 2.05) is 52.1 Å². The lowest BCUT2D eigenvalue weighted by atomic mass is 9.72. The molecule has 1 aromatic heterocycles. The van der Waals surface area contributed by atoms with E-state index >= 15 is 0 Å². The van der Waals surface area contributed by atoms with Crippen LogP contribution in [0.5, 0.6) is 0 Å². The van der Waals surface area contributed by atoms with Gasteiger partial charge in [-0.25, -0.2) is 4.79 Å². The van der Waals surface area contributed by atoms with E-state index in [1.54, 1.807) is 6.20 Å². The van der Waals surface area contributed by atoms with Crippen molar-refractivity contribution in [3.8, 4) is 0 Å². The molecule has 1 N–H and O–H groups in total. The molecule has 0 saturated carbocycles. The number of nitrogens with zero attached hydrogens (tertiary/aromatic N) is 1. The van der Waals surface area contributed by atoms with Crippen LogP contribution in [0.2, 0.25) is 0 Å². The number of hydrogen-bond donors (Lipinski definition) is 1. The maximum Gasteiger partial charge on any atom is 0.418 e. The Morgan fingerprint density at radius 2 is 1.97 bits per heavy atom. The van der Waals surface area contributed by atoms with Crippen molar-refractivity contribution in [2.75, 3.05) is 0 Å². The van der Waals surface area contributed by atoms with Crippen molar-refractivity contribution < 1.29 is 19.4 Å². The maximum absolute atomic E-state index is 12.6. The Bertz CT molecular complexity index is 963. The highest BCUT2D eigenvalue weighted by Gasteiger charge is 2.39. The highest BCUT2D eigenvalue weighted by Crippen LogP contribution is 2.45. The molecule has 0 aliphatic heterocycles. The van der Waals surface area contributed by atoms with Crippen LogP contribution >= 0.6 is 0 Å². The minimum absolute atomic E-state index is 0.0931. The van der Waals surface area contributed by atoms with Gasteiger partial charge in [-0.3, -0.25) is 4.57 Å². The van der Waals surface area contributed by atoms with E-state index < -0.39 is 17.3 Å². The molecule has 0 fully saturated rings. The molecule has 2 aliphatic rings. The third-order valence-electron chi connectivity index (χ3n) is 5.86. The smallest absolute Gasteiger partial charge is 0.418 e. The van der Waals surface area contributed by atoms with Gasteiger partial charge in [-0.05, 0) is 74.8 Å². The summed E-state index contributed by atoms with van der Waals surface area (Å²) in [7, 11) is 0. The molecule has 1 aromatic carbocycles. The predicted octanol–water partition coefficient (Wildman–Crippen LogP) is 5.10. The molecule has 0 amide bonds. The van der Waals surface area contributed by atoms with Crippen LogP contribution in [0.3, 0.4) is 0 Å². The maximum atomic E-state index is 12.6. The van der Waals surface area contributed by atoms with Gasteiger partial charge in [0.25, 0.3) is 0 Å². The van der Waals surface area contributed by atoms with Gasteiger partial charge in [-0.1, -0.05) is 30.3 Å². The van der Waals surface area contributed by atoms with Crippen LogP contribution in [0.25, 0.3) is 5.57 Å². The lowest BCUT2D eigenvalue weighted by molar-refractivity contribution is 0.0283. The largest absolute Gasteiger partial charge is 0.443 e. The minimum atomic E-state index is -0.896. The predicted molar refractivity (Wildman–Crippen MR) is 116 cm³/mol. The topological polar surface area (TPSA) is 60.7 Å². The third-order valence-corrected chi connectivity index (χ3v) is 5.86. The molecule has 0 radical (unpaired) electrons. The molecule has 30 heavy (non-hydrogen) atoms. The quantitative estimate of drug-likeness (QED) is 0.766. The summed E-state index contributed by atoms with van der Waals surface area (Å²) >= 11 is 0. The van der Waals surface area contributed by atoms with Gasteiger partial charge in [0.15, 0.2) is 0 Å². The summed E-state index contributed by atoms with van der Waals surface area (Å²) in [6, 6.07) is 10.2. The molecule has 2 atom stereocenters. The average Bonchev–Trinajstić information content (AvgIpc) is 3.09. The first-order valence-electron chi connectivity index (χ1n) is 10.7. The standard InChI is InChI=1S/C25H31NO4/c1-24(2,3)30-23(27)26-14-18-13-25(4,28)22-11-10-19(12-20(22)21(18)15-26)29-16-17-8-6-5-7-9-17/h5-9,14-15,19,28H,10-13,16H2,1-4H3. The highest BCUT2D eigenvalue weighted by molar-refractivity contribution is 5.80. The molecule has 2 aromatic rings. The summed E-state index contributed by atoms with van der Waals surface area (Å²) in [5.74, 6) is 0. The molecule has 0 spiro atoms. The number of aromatic nitrogens is 1. The molecule has 1 heterocycles. The molecule has 0 saturated heterocycles. The van der Waals surface area contributed by atoms with Crippen LogP contribution in [0.4, 0.5) is 4.79 Å². The fraction of sp³-hybridized carbons (Fsp3) is 0.480. The van der Waals surface area contributed by atoms with E-state index in [1.165, 1.54) is 4.57 Å². The van der Waals surface area contributed by atoms with Gasteiger partial charge in [0.2, 0.25) is 0 Å². The molecule has 4 rings (SSSR count). The second-order valence-electron chi connectivity index (χ2n) is 9.65. The van der Waals surface area contributed by atoms with Crippen molar-refractivity contribution in [1.82, 2.24) is 4.57 Å². The van der Waals surface area contributed by atoms with Crippen molar-refractivity contribution >= 4 is 11.7 Å². The summed E-state index contributed by atoms with van der Waals surface area (Å²) in [5.41, 5.74) is 3.92. The fourth-order valence-electron chi connectivity index (χ4n) is 4.51. The first kappa shape index (κ1) is 20.9. The van der Waals surface area contributed by atoms with E-state index in [4.69, 9.17) is 9.47 Å². The van der Waals surface area contributed by atoms with Gasteiger partial charge in [0.1, 0.15) is 5.60 Å². The van der Waals surface area contributed by atoms with Gasteiger partial charge in [-0.2, -0.15) is 0 Å². The SMILES string of the molecule is CC(C)(C)OC(=O)n1cc2c(c1)C1=C(CCC(OCc3ccccc3)C1)C(C)(O)C2. The Morgan fingerprint density at radius 3 is 2.67 bits per heavy atom. The number of fused-ring (bicyclic) bond motifs is 2. The first-order valence-corrected chi connectivity index (χ1v) is 10.7. The van der Waals surface area contributed by atoms with E-state index in [0.717, 1.165) is 47.1 Å². The number of ether oxygens (including phenoxy) is 2. The van der Waals surface area contributed by atoms with Gasteiger partial charge in [0, 0.05) is 18.8 Å². The van der Waals surface area contributed by atoms with Crippen molar-refractivity contribution in [1.29, 1.82) is 0 Å². The summed E-state index contributed by atoms with van der Waals surface area (Å²) in [5, 5.41) is 11.1. The molecule has 5 heteroatoms. The van der Waals surface area contributed by atoms with Crippen molar-refractivity contribution in [3.63, 3.8) is 0 Å². The van der Waals surface area contributed by atoms with Crippen molar-refractivity contribution in [3.05, 3.63) is 65.0 Å². The van der Waals surface area contributed by atoms with Crippen LogP contribution in [-0.2, 0) is 22.5 Å². The van der Waals surface area contributed by atoms with E-state index in [2.05, 4.69) is 12.1 Å². The normalized spacial score (nSPS) is 23.7. The number of benzene rings is 1. The van der Waals surface area contributed by atoms with Crippen LogP contribution in [0.15, 0.2) is 48.3 Å². The molecule has 160 valence electrons. The van der Waals surface area contributed by atoms with E-state index in [-0.39, 0.29) is 6.10 Å². The van der Waals surface area contributed by atoms with E-state index in [0.29, 0.717) is 13.0 Å². The lowest BCUT2D eigenvalue weighted by Crippen LogP contribution is -2.37. The van der Waals surface area contributed by atoms with Crippen molar-refractivity contribution in [2.24, 2.45) is 0 Å². The molecule has 2 aliphatic carbocycles. The van der Waals surface area contributed by atoms with Gasteiger partial charge in [0.05, 0.1) is 18.3 Å². The molecular weight excluding hydrogens is 378 g/mol. The summed E-state index contributed by atoms with van der Waals surface area (Å²) in [6.07, 6.45) is 6.30. The monoisotopic (exact) mass is 409 g/mol. The number of aliphatic hydroxyl groups is 1. The second kappa shape index (κ2) is 7.71. The lowest BCUT2D eigenvalue weighted by Gasteiger charge is -2.38. The third kappa shape index (κ3) is 4.37. The Labute approximate surface area is 178 Å². The Morgan fingerprint density at radius 1 is 1.23 bits per heavy atom. The molecule has 0 bridgehead atoms. The zero-order valence-corrected chi connectivity index (χ0v) is 18.3. The Balaban J connectivity index is 1.56.